The molecule has 0 spiro atoms. The molecule has 0 radical (unpaired) electrons. The van der Waals surface area contributed by atoms with Crippen molar-refractivity contribution >= 4 is 0 Å². The van der Waals surface area contributed by atoms with Crippen LogP contribution in [-0.4, -0.2) is 4.98 Å². The standard InChI is InChI=1S/C11H9NO2/c1-2-6-10(7-3-1)13-14-11-8-4-5-9-12-11/h1-9H. The van der Waals surface area contributed by atoms with Crippen LogP contribution in [0.4, 0.5) is 0 Å². The van der Waals surface area contributed by atoms with E-state index in [2.05, 4.69) is 4.98 Å². The molecular weight excluding hydrogens is 178 g/mol. The molecule has 0 saturated heterocycles. The Balaban J connectivity index is 1.96. The minimum Gasteiger partial charge on any atom is -0.288 e. The number of rotatable bonds is 3. The molecule has 14 heavy (non-hydrogen) atoms. The van der Waals surface area contributed by atoms with E-state index in [1.54, 1.807) is 12.3 Å². The number of hydrogen-bond acceptors (Lipinski definition) is 3. The van der Waals surface area contributed by atoms with Crippen molar-refractivity contribution in [1.29, 1.82) is 0 Å². The summed E-state index contributed by atoms with van der Waals surface area (Å²) in [6.07, 6.45) is 1.64. The van der Waals surface area contributed by atoms with Gasteiger partial charge in [0.15, 0.2) is 5.75 Å². The van der Waals surface area contributed by atoms with Gasteiger partial charge in [0.25, 0.3) is 5.88 Å². The number of para-hydroxylation sites is 1. The van der Waals surface area contributed by atoms with Gasteiger partial charge in [-0.1, -0.05) is 24.3 Å². The number of hydrogen-bond donors (Lipinski definition) is 0. The molecule has 3 nitrogen and oxygen atoms in total. The maximum atomic E-state index is 5.03. The largest absolute Gasteiger partial charge is 0.288 e. The van der Waals surface area contributed by atoms with Gasteiger partial charge >= 0.3 is 0 Å². The van der Waals surface area contributed by atoms with Crippen molar-refractivity contribution in [2.45, 2.75) is 0 Å². The quantitative estimate of drug-likeness (QED) is 0.546. The molecule has 70 valence electrons. The van der Waals surface area contributed by atoms with Crippen molar-refractivity contribution in [2.24, 2.45) is 0 Å². The zero-order valence-corrected chi connectivity index (χ0v) is 7.46. The Labute approximate surface area is 81.9 Å². The van der Waals surface area contributed by atoms with Gasteiger partial charge in [-0.15, -0.1) is 0 Å². The van der Waals surface area contributed by atoms with E-state index in [-0.39, 0.29) is 0 Å². The Morgan fingerprint density at radius 2 is 1.57 bits per heavy atom. The molecule has 1 aromatic carbocycles. The topological polar surface area (TPSA) is 31.4 Å². The van der Waals surface area contributed by atoms with E-state index >= 15 is 0 Å². The first kappa shape index (κ1) is 8.56. The van der Waals surface area contributed by atoms with Crippen LogP contribution in [-0.2, 0) is 0 Å². The zero-order valence-electron chi connectivity index (χ0n) is 7.46. The van der Waals surface area contributed by atoms with Gasteiger partial charge in [0.05, 0.1) is 0 Å². The molecule has 2 rings (SSSR count). The molecule has 0 aliphatic rings. The molecule has 0 aliphatic carbocycles. The van der Waals surface area contributed by atoms with Crippen LogP contribution in [0.5, 0.6) is 11.6 Å². The molecule has 0 fully saturated rings. The molecule has 0 amide bonds. The molecule has 0 aliphatic heterocycles. The van der Waals surface area contributed by atoms with Crippen molar-refractivity contribution < 1.29 is 9.78 Å². The van der Waals surface area contributed by atoms with Crippen LogP contribution in [0.1, 0.15) is 0 Å². The van der Waals surface area contributed by atoms with Crippen LogP contribution in [0, 0.1) is 0 Å². The highest BCUT2D eigenvalue weighted by Crippen LogP contribution is 2.11. The summed E-state index contributed by atoms with van der Waals surface area (Å²) in [7, 11) is 0. The van der Waals surface area contributed by atoms with E-state index in [1.165, 1.54) is 0 Å². The van der Waals surface area contributed by atoms with Crippen LogP contribution in [0.2, 0.25) is 0 Å². The minimum absolute atomic E-state index is 0.441. The first-order valence-electron chi connectivity index (χ1n) is 4.26. The van der Waals surface area contributed by atoms with Gasteiger partial charge < -0.3 is 0 Å². The lowest BCUT2D eigenvalue weighted by molar-refractivity contribution is -0.104. The molecule has 1 aromatic heterocycles. The first-order chi connectivity index (χ1) is 6.95. The normalized spacial score (nSPS) is 9.43. The highest BCUT2D eigenvalue weighted by atomic mass is 17.2. The summed E-state index contributed by atoms with van der Waals surface area (Å²) in [5.74, 6) is 1.09. The lowest BCUT2D eigenvalue weighted by atomic mass is 10.3. The molecule has 0 atom stereocenters. The number of pyridine rings is 1. The highest BCUT2D eigenvalue weighted by molar-refractivity contribution is 5.20. The van der Waals surface area contributed by atoms with E-state index in [9.17, 15) is 0 Å². The summed E-state index contributed by atoms with van der Waals surface area (Å²) in [5, 5.41) is 0. The molecule has 0 N–H and O–H groups in total. The maximum absolute atomic E-state index is 5.03. The average Bonchev–Trinajstić information content (AvgIpc) is 2.29. The molecular formula is C11H9NO2. The van der Waals surface area contributed by atoms with Crippen LogP contribution >= 0.6 is 0 Å². The second kappa shape index (κ2) is 4.28. The fourth-order valence-corrected chi connectivity index (χ4v) is 0.963. The average molecular weight is 187 g/mol. The molecule has 1 heterocycles. The van der Waals surface area contributed by atoms with E-state index in [0.717, 1.165) is 0 Å². The Bertz CT molecular complexity index is 336. The van der Waals surface area contributed by atoms with Crippen LogP contribution < -0.4 is 9.78 Å². The van der Waals surface area contributed by atoms with E-state index in [4.69, 9.17) is 9.78 Å². The third kappa shape index (κ3) is 2.23. The first-order valence-corrected chi connectivity index (χ1v) is 4.26. The third-order valence-electron chi connectivity index (χ3n) is 1.60. The second-order valence-electron chi connectivity index (χ2n) is 2.65. The molecule has 0 saturated carbocycles. The van der Waals surface area contributed by atoms with Gasteiger partial charge in [-0.2, -0.15) is 0 Å². The Morgan fingerprint density at radius 3 is 2.29 bits per heavy atom. The number of nitrogens with zero attached hydrogens (tertiary/aromatic N) is 1. The minimum atomic E-state index is 0.441. The Kier molecular flexibility index (Phi) is 2.62. The monoisotopic (exact) mass is 187 g/mol. The second-order valence-corrected chi connectivity index (χ2v) is 2.65. The SMILES string of the molecule is c1ccc(OOc2ccccn2)cc1. The Morgan fingerprint density at radius 1 is 0.786 bits per heavy atom. The summed E-state index contributed by atoms with van der Waals surface area (Å²) in [4.78, 5) is 14.0. The third-order valence-corrected chi connectivity index (χ3v) is 1.60. The van der Waals surface area contributed by atoms with Crippen molar-refractivity contribution in [3.8, 4) is 11.6 Å². The van der Waals surface area contributed by atoms with Gasteiger partial charge in [0.2, 0.25) is 0 Å². The van der Waals surface area contributed by atoms with Gasteiger partial charge in [-0.05, 0) is 18.2 Å². The maximum Gasteiger partial charge on any atom is 0.269 e. The molecule has 0 bridgehead atoms. The lowest BCUT2D eigenvalue weighted by Gasteiger charge is -2.03. The number of aromatic nitrogens is 1. The lowest BCUT2D eigenvalue weighted by Crippen LogP contribution is -2.01. The van der Waals surface area contributed by atoms with E-state index < -0.39 is 0 Å². The van der Waals surface area contributed by atoms with Gasteiger partial charge in [-0.25, -0.2) is 4.98 Å². The predicted octanol–water partition coefficient (Wildman–Crippen LogP) is 2.45. The fraction of sp³-hybridized carbons (Fsp3) is 0. The van der Waals surface area contributed by atoms with E-state index in [1.807, 2.05) is 42.5 Å². The fourth-order valence-electron chi connectivity index (χ4n) is 0.963. The summed E-state index contributed by atoms with van der Waals surface area (Å²) in [5.41, 5.74) is 0. The van der Waals surface area contributed by atoms with E-state index in [0.29, 0.717) is 11.6 Å². The summed E-state index contributed by atoms with van der Waals surface area (Å²) >= 11 is 0. The highest BCUT2D eigenvalue weighted by Gasteiger charge is 1.95. The summed E-state index contributed by atoms with van der Waals surface area (Å²) < 4.78 is 0. The molecule has 0 unspecified atom stereocenters. The Hall–Kier alpha value is -2.03. The summed E-state index contributed by atoms with van der Waals surface area (Å²) in [6.45, 7) is 0. The van der Waals surface area contributed by atoms with Crippen LogP contribution in [0.25, 0.3) is 0 Å². The zero-order chi connectivity index (χ0) is 9.64. The number of benzene rings is 1. The van der Waals surface area contributed by atoms with Gasteiger partial charge in [-0.3, -0.25) is 9.78 Å². The summed E-state index contributed by atoms with van der Waals surface area (Å²) in [6, 6.07) is 14.6. The van der Waals surface area contributed by atoms with Crippen LogP contribution in [0.15, 0.2) is 54.7 Å². The molecule has 3 heteroatoms. The van der Waals surface area contributed by atoms with Crippen LogP contribution in [0.3, 0.4) is 0 Å². The van der Waals surface area contributed by atoms with Crippen molar-refractivity contribution in [3.05, 3.63) is 54.7 Å². The predicted molar refractivity (Wildman–Crippen MR) is 51.9 cm³/mol. The van der Waals surface area contributed by atoms with Crippen molar-refractivity contribution in [2.75, 3.05) is 0 Å². The van der Waals surface area contributed by atoms with Gasteiger partial charge in [0.1, 0.15) is 0 Å². The van der Waals surface area contributed by atoms with Gasteiger partial charge in [0, 0.05) is 12.3 Å². The molecule has 2 aromatic rings. The smallest absolute Gasteiger partial charge is 0.269 e. The van der Waals surface area contributed by atoms with Crippen molar-refractivity contribution in [1.82, 2.24) is 4.98 Å². The van der Waals surface area contributed by atoms with Crippen molar-refractivity contribution in [3.63, 3.8) is 0 Å².